The van der Waals surface area contributed by atoms with Gasteiger partial charge in [-0.1, -0.05) is 6.07 Å². The summed E-state index contributed by atoms with van der Waals surface area (Å²) in [5.41, 5.74) is 0.716. The van der Waals surface area contributed by atoms with Gasteiger partial charge in [-0.3, -0.25) is 4.79 Å². The minimum atomic E-state index is -0.840. The predicted molar refractivity (Wildman–Crippen MR) is 66.7 cm³/mol. The average molecular weight is 269 g/mol. The van der Waals surface area contributed by atoms with Crippen molar-refractivity contribution in [3.8, 4) is 0 Å². The third kappa shape index (κ3) is 3.99. The first-order valence-corrected chi connectivity index (χ1v) is 6.46. The van der Waals surface area contributed by atoms with Crippen molar-refractivity contribution in [3.05, 3.63) is 35.4 Å². The molecule has 0 aromatic heterocycles. The number of rotatable bonds is 4. The summed E-state index contributed by atoms with van der Waals surface area (Å²) in [4.78, 5) is 13.6. The van der Waals surface area contributed by atoms with Gasteiger partial charge in [0.1, 0.15) is 0 Å². The lowest BCUT2D eigenvalue weighted by molar-refractivity contribution is -0.135. The number of carbonyl (C=O) groups excluding carboxylic acids is 1. The number of nitrogens with zero attached hydrogens (tertiary/aromatic N) is 1. The van der Waals surface area contributed by atoms with Gasteiger partial charge in [-0.05, 0) is 30.5 Å². The summed E-state index contributed by atoms with van der Waals surface area (Å²) in [6, 6.07) is 3.86. The number of aryl methyl sites for hydroxylation is 1. The molecule has 3 nitrogen and oxygen atoms in total. The minimum Gasteiger partial charge on any atom is -0.378 e. The van der Waals surface area contributed by atoms with Crippen LogP contribution in [0.25, 0.3) is 0 Å². The highest BCUT2D eigenvalue weighted by Gasteiger charge is 2.16. The van der Waals surface area contributed by atoms with Crippen LogP contribution in [-0.4, -0.2) is 37.1 Å². The van der Waals surface area contributed by atoms with Gasteiger partial charge in [-0.2, -0.15) is 0 Å². The predicted octanol–water partition coefficient (Wildman–Crippen LogP) is 2.15. The zero-order valence-electron chi connectivity index (χ0n) is 10.7. The summed E-state index contributed by atoms with van der Waals surface area (Å²) < 4.78 is 30.9. The fraction of sp³-hybridized carbons (Fsp3) is 0.500. The molecule has 1 saturated heterocycles. The first-order valence-electron chi connectivity index (χ1n) is 6.46. The van der Waals surface area contributed by atoms with Gasteiger partial charge >= 0.3 is 0 Å². The lowest BCUT2D eigenvalue weighted by Gasteiger charge is -2.26. The first-order chi connectivity index (χ1) is 9.16. The molecular formula is C14H17F2NO2. The number of carbonyl (C=O) groups is 1. The second-order valence-corrected chi connectivity index (χ2v) is 4.60. The molecule has 1 aromatic carbocycles. The number of amides is 1. The molecule has 0 spiro atoms. The van der Waals surface area contributed by atoms with Gasteiger partial charge in [0.25, 0.3) is 0 Å². The van der Waals surface area contributed by atoms with E-state index in [1.54, 1.807) is 11.0 Å². The lowest BCUT2D eigenvalue weighted by atomic mass is 10.1. The molecule has 19 heavy (non-hydrogen) atoms. The van der Waals surface area contributed by atoms with Crippen molar-refractivity contribution >= 4 is 5.91 Å². The zero-order chi connectivity index (χ0) is 13.7. The number of halogens is 2. The van der Waals surface area contributed by atoms with Crippen molar-refractivity contribution in [1.82, 2.24) is 4.90 Å². The maximum absolute atomic E-state index is 13.0. The van der Waals surface area contributed by atoms with E-state index in [0.29, 0.717) is 51.1 Å². The van der Waals surface area contributed by atoms with Gasteiger partial charge in [-0.25, -0.2) is 8.78 Å². The summed E-state index contributed by atoms with van der Waals surface area (Å²) in [7, 11) is 0. The normalized spacial score (nSPS) is 15.6. The Morgan fingerprint density at radius 2 is 1.95 bits per heavy atom. The van der Waals surface area contributed by atoms with Gasteiger partial charge in [-0.15, -0.1) is 0 Å². The Morgan fingerprint density at radius 1 is 1.21 bits per heavy atom. The molecule has 0 saturated carbocycles. The maximum Gasteiger partial charge on any atom is 0.222 e. The van der Waals surface area contributed by atoms with E-state index >= 15 is 0 Å². The largest absolute Gasteiger partial charge is 0.378 e. The van der Waals surface area contributed by atoms with E-state index in [-0.39, 0.29) is 5.91 Å². The van der Waals surface area contributed by atoms with Crippen molar-refractivity contribution in [2.45, 2.75) is 19.3 Å². The molecule has 0 atom stereocenters. The van der Waals surface area contributed by atoms with Crippen LogP contribution in [0.1, 0.15) is 18.4 Å². The van der Waals surface area contributed by atoms with Gasteiger partial charge < -0.3 is 9.64 Å². The van der Waals surface area contributed by atoms with Crippen molar-refractivity contribution in [2.75, 3.05) is 26.3 Å². The Kier molecular flexibility index (Phi) is 4.85. The fourth-order valence-corrected chi connectivity index (χ4v) is 2.11. The Hall–Kier alpha value is -1.49. The highest BCUT2D eigenvalue weighted by atomic mass is 19.2. The summed E-state index contributed by atoms with van der Waals surface area (Å²) >= 11 is 0. The molecule has 1 aliphatic rings. The van der Waals surface area contributed by atoms with Gasteiger partial charge in [0.15, 0.2) is 11.6 Å². The van der Waals surface area contributed by atoms with E-state index in [1.807, 2.05) is 0 Å². The van der Waals surface area contributed by atoms with Crippen LogP contribution in [0.5, 0.6) is 0 Å². The van der Waals surface area contributed by atoms with E-state index in [9.17, 15) is 13.6 Å². The molecule has 0 radical (unpaired) electrons. The summed E-state index contributed by atoms with van der Waals surface area (Å²) in [5.74, 6) is -1.57. The number of hydrogen-bond acceptors (Lipinski definition) is 2. The maximum atomic E-state index is 13.0. The second kappa shape index (κ2) is 6.61. The van der Waals surface area contributed by atoms with Crippen LogP contribution >= 0.6 is 0 Å². The van der Waals surface area contributed by atoms with Crippen LogP contribution in [-0.2, 0) is 16.0 Å². The molecule has 5 heteroatoms. The quantitative estimate of drug-likeness (QED) is 0.838. The van der Waals surface area contributed by atoms with Gasteiger partial charge in [0.05, 0.1) is 13.2 Å². The van der Waals surface area contributed by atoms with Crippen molar-refractivity contribution in [1.29, 1.82) is 0 Å². The Morgan fingerprint density at radius 3 is 2.63 bits per heavy atom. The van der Waals surface area contributed by atoms with E-state index in [4.69, 9.17) is 4.74 Å². The third-order valence-corrected chi connectivity index (χ3v) is 3.20. The van der Waals surface area contributed by atoms with E-state index in [0.717, 1.165) is 6.07 Å². The highest BCUT2D eigenvalue weighted by Crippen LogP contribution is 2.12. The summed E-state index contributed by atoms with van der Waals surface area (Å²) in [5, 5.41) is 0. The lowest BCUT2D eigenvalue weighted by Crippen LogP contribution is -2.40. The van der Waals surface area contributed by atoms with Crippen LogP contribution in [0.3, 0.4) is 0 Å². The Bertz CT molecular complexity index is 445. The molecule has 0 aliphatic carbocycles. The van der Waals surface area contributed by atoms with Crippen LogP contribution < -0.4 is 0 Å². The Labute approximate surface area is 111 Å². The van der Waals surface area contributed by atoms with E-state index in [2.05, 4.69) is 0 Å². The number of benzene rings is 1. The molecule has 1 aromatic rings. The second-order valence-electron chi connectivity index (χ2n) is 4.60. The fourth-order valence-electron chi connectivity index (χ4n) is 2.11. The van der Waals surface area contributed by atoms with Crippen LogP contribution in [0, 0.1) is 11.6 Å². The third-order valence-electron chi connectivity index (χ3n) is 3.20. The number of ether oxygens (including phenoxy) is 1. The molecule has 104 valence electrons. The van der Waals surface area contributed by atoms with Crippen LogP contribution in [0.15, 0.2) is 18.2 Å². The van der Waals surface area contributed by atoms with E-state index < -0.39 is 11.6 Å². The molecule has 0 unspecified atom stereocenters. The standard InChI is InChI=1S/C14H17F2NO2/c15-12-5-4-11(10-13(12)16)2-1-3-14(18)17-6-8-19-9-7-17/h4-5,10H,1-3,6-9H2. The molecule has 1 heterocycles. The van der Waals surface area contributed by atoms with Gasteiger partial charge in [0, 0.05) is 19.5 Å². The van der Waals surface area contributed by atoms with Crippen molar-refractivity contribution in [3.63, 3.8) is 0 Å². The highest BCUT2D eigenvalue weighted by molar-refractivity contribution is 5.76. The monoisotopic (exact) mass is 269 g/mol. The van der Waals surface area contributed by atoms with Crippen molar-refractivity contribution in [2.24, 2.45) is 0 Å². The molecule has 2 rings (SSSR count). The zero-order valence-corrected chi connectivity index (χ0v) is 10.7. The van der Waals surface area contributed by atoms with Crippen LogP contribution in [0.2, 0.25) is 0 Å². The summed E-state index contributed by atoms with van der Waals surface area (Å²) in [6.45, 7) is 2.47. The smallest absolute Gasteiger partial charge is 0.222 e. The van der Waals surface area contributed by atoms with Gasteiger partial charge in [0.2, 0.25) is 5.91 Å². The molecule has 1 amide bonds. The number of morpholine rings is 1. The molecule has 1 fully saturated rings. The Balaban J connectivity index is 1.76. The molecular weight excluding hydrogens is 252 g/mol. The SMILES string of the molecule is O=C(CCCc1ccc(F)c(F)c1)N1CCOCC1. The minimum absolute atomic E-state index is 0.103. The summed E-state index contributed by atoms with van der Waals surface area (Å²) in [6.07, 6.45) is 1.65. The topological polar surface area (TPSA) is 29.5 Å². The average Bonchev–Trinajstić information content (AvgIpc) is 2.43. The van der Waals surface area contributed by atoms with Crippen molar-refractivity contribution < 1.29 is 18.3 Å². The number of hydrogen-bond donors (Lipinski definition) is 0. The molecule has 1 aliphatic heterocycles. The molecule has 0 N–H and O–H groups in total. The van der Waals surface area contributed by atoms with Crippen LogP contribution in [0.4, 0.5) is 8.78 Å². The first kappa shape index (κ1) is 13.9. The molecule has 0 bridgehead atoms. The van der Waals surface area contributed by atoms with E-state index in [1.165, 1.54) is 6.07 Å².